The number of rotatable bonds is 5. The van der Waals surface area contributed by atoms with Crippen LogP contribution in [0.3, 0.4) is 0 Å². The van der Waals surface area contributed by atoms with E-state index in [1.165, 1.54) is 0 Å². The van der Waals surface area contributed by atoms with Crippen molar-refractivity contribution in [1.29, 1.82) is 0 Å². The number of halogens is 2. The van der Waals surface area contributed by atoms with Crippen LogP contribution < -0.4 is 21.3 Å². The molecular weight excluding hydrogens is 497 g/mol. The zero-order valence-corrected chi connectivity index (χ0v) is 20.6. The van der Waals surface area contributed by atoms with Gasteiger partial charge in [0.1, 0.15) is 0 Å². The largest absolute Gasteiger partial charge is 0.362 e. The average molecular weight is 518 g/mol. The Morgan fingerprint density at radius 3 is 2.56 bits per heavy atom. The second-order valence-corrected chi connectivity index (χ2v) is 9.02. The number of anilines is 5. The Balaban J connectivity index is 1.32. The number of aromatic nitrogens is 1. The Morgan fingerprint density at radius 2 is 1.75 bits per heavy atom. The third kappa shape index (κ3) is 4.93. The highest BCUT2D eigenvalue weighted by atomic mass is 35.5. The molecule has 0 unspecified atom stereocenters. The molecule has 0 atom stereocenters. The molecule has 3 amide bonds. The molecule has 0 bridgehead atoms. The van der Waals surface area contributed by atoms with Crippen molar-refractivity contribution < 1.29 is 9.59 Å². The predicted molar refractivity (Wildman–Crippen MR) is 147 cm³/mol. The molecule has 0 radical (unpaired) electrons. The molecule has 0 aliphatic carbocycles. The van der Waals surface area contributed by atoms with E-state index in [0.29, 0.717) is 22.0 Å². The molecule has 3 aromatic carbocycles. The van der Waals surface area contributed by atoms with Crippen molar-refractivity contribution in [1.82, 2.24) is 4.98 Å². The van der Waals surface area contributed by atoms with Gasteiger partial charge in [0.2, 0.25) is 0 Å². The van der Waals surface area contributed by atoms with Gasteiger partial charge in [0, 0.05) is 34.5 Å². The molecule has 4 aromatic rings. The van der Waals surface area contributed by atoms with E-state index in [-0.39, 0.29) is 10.9 Å². The molecule has 0 fully saturated rings. The number of carbonyl (C=O) groups excluding carboxylic acids is 2. The monoisotopic (exact) mass is 517 g/mol. The molecule has 5 rings (SSSR count). The molecule has 5 N–H and O–H groups in total. The van der Waals surface area contributed by atoms with E-state index in [1.807, 2.05) is 61.7 Å². The SMILES string of the molecule is Cc1ccc(NC(=O)Nc2cccc(Cl)c2Cl)cc1Nc1ccc2c(c1)NC(=O)/C2=C\c1ccc[nH]1. The van der Waals surface area contributed by atoms with Crippen LogP contribution in [0.1, 0.15) is 16.8 Å². The minimum absolute atomic E-state index is 0.148. The number of amides is 3. The lowest BCUT2D eigenvalue weighted by molar-refractivity contribution is -0.110. The number of carbonyl (C=O) groups is 2. The summed E-state index contributed by atoms with van der Waals surface area (Å²) in [5.74, 6) is -0.148. The van der Waals surface area contributed by atoms with E-state index >= 15 is 0 Å². The third-order valence-electron chi connectivity index (χ3n) is 5.70. The molecule has 9 heteroatoms. The van der Waals surface area contributed by atoms with Crippen LogP contribution in [0.25, 0.3) is 11.6 Å². The summed E-state index contributed by atoms with van der Waals surface area (Å²) in [5.41, 5.74) is 6.61. The fourth-order valence-corrected chi connectivity index (χ4v) is 4.23. The Kier molecular flexibility index (Phi) is 6.41. The van der Waals surface area contributed by atoms with Gasteiger partial charge in [-0.1, -0.05) is 41.4 Å². The Bertz CT molecular complexity index is 1510. The van der Waals surface area contributed by atoms with E-state index in [4.69, 9.17) is 23.2 Å². The van der Waals surface area contributed by atoms with E-state index in [2.05, 4.69) is 26.3 Å². The summed E-state index contributed by atoms with van der Waals surface area (Å²) in [6.07, 6.45) is 3.64. The van der Waals surface area contributed by atoms with Gasteiger partial charge in [-0.05, 0) is 67.1 Å². The Morgan fingerprint density at radius 1 is 0.917 bits per heavy atom. The second kappa shape index (κ2) is 9.81. The summed E-state index contributed by atoms with van der Waals surface area (Å²) in [7, 11) is 0. The molecule has 36 heavy (non-hydrogen) atoms. The van der Waals surface area contributed by atoms with Crippen LogP contribution in [0.5, 0.6) is 0 Å². The van der Waals surface area contributed by atoms with Crippen LogP contribution in [-0.2, 0) is 4.79 Å². The number of benzene rings is 3. The molecule has 1 aromatic heterocycles. The summed E-state index contributed by atoms with van der Waals surface area (Å²) in [6, 6.07) is 19.6. The van der Waals surface area contributed by atoms with Crippen LogP contribution in [0.4, 0.5) is 33.2 Å². The summed E-state index contributed by atoms with van der Waals surface area (Å²) in [6.45, 7) is 1.96. The number of nitrogens with one attached hydrogen (secondary N) is 5. The highest BCUT2D eigenvalue weighted by molar-refractivity contribution is 6.44. The predicted octanol–water partition coefficient (Wildman–Crippen LogP) is 7.51. The number of H-pyrrole nitrogens is 1. The quantitative estimate of drug-likeness (QED) is 0.177. The topological polar surface area (TPSA) is 98.0 Å². The molecule has 1 aliphatic rings. The zero-order valence-electron chi connectivity index (χ0n) is 19.1. The number of hydrogen-bond acceptors (Lipinski definition) is 3. The highest BCUT2D eigenvalue weighted by Gasteiger charge is 2.24. The molecular formula is C27H21Cl2N5O2. The number of aromatic amines is 1. The first-order valence-electron chi connectivity index (χ1n) is 11.1. The first kappa shape index (κ1) is 23.5. The zero-order chi connectivity index (χ0) is 25.2. The van der Waals surface area contributed by atoms with E-state index in [0.717, 1.165) is 33.9 Å². The maximum Gasteiger partial charge on any atom is 0.323 e. The lowest BCUT2D eigenvalue weighted by Crippen LogP contribution is -2.19. The second-order valence-electron chi connectivity index (χ2n) is 8.23. The molecule has 0 saturated heterocycles. The highest BCUT2D eigenvalue weighted by Crippen LogP contribution is 2.36. The minimum Gasteiger partial charge on any atom is -0.362 e. The van der Waals surface area contributed by atoms with E-state index in [1.54, 1.807) is 24.3 Å². The number of aryl methyl sites for hydroxylation is 1. The van der Waals surface area contributed by atoms with Gasteiger partial charge in [0.25, 0.3) is 5.91 Å². The van der Waals surface area contributed by atoms with Gasteiger partial charge in [-0.3, -0.25) is 4.79 Å². The van der Waals surface area contributed by atoms with Crippen molar-refractivity contribution in [2.24, 2.45) is 0 Å². The average Bonchev–Trinajstić information content (AvgIpc) is 3.47. The van der Waals surface area contributed by atoms with Gasteiger partial charge in [-0.15, -0.1) is 0 Å². The standard InChI is InChI=1S/C27H21Cl2N5O2/c1-15-7-8-18(32-27(36)34-22-6-2-5-21(28)25(22)29)13-23(15)31-17-9-10-19-20(12-16-4-3-11-30-16)26(35)33-24(19)14-17/h2-14,30-31H,1H3,(H,33,35)(H2,32,34,36)/b20-12-. The first-order valence-corrected chi connectivity index (χ1v) is 11.8. The van der Waals surface area contributed by atoms with Crippen molar-refractivity contribution >= 4 is 75.2 Å². The van der Waals surface area contributed by atoms with E-state index in [9.17, 15) is 9.59 Å². The lowest BCUT2D eigenvalue weighted by atomic mass is 10.1. The Hall–Kier alpha value is -4.20. The first-order chi connectivity index (χ1) is 17.4. The van der Waals surface area contributed by atoms with E-state index < -0.39 is 6.03 Å². The number of fused-ring (bicyclic) bond motifs is 1. The fraction of sp³-hybridized carbons (Fsp3) is 0.0370. The van der Waals surface area contributed by atoms with Gasteiger partial charge in [0.05, 0.1) is 27.0 Å². The maximum absolute atomic E-state index is 12.5. The van der Waals surface area contributed by atoms with Gasteiger partial charge < -0.3 is 26.3 Å². The molecule has 0 saturated carbocycles. The van der Waals surface area contributed by atoms with Crippen molar-refractivity contribution in [2.45, 2.75) is 6.92 Å². The fourth-order valence-electron chi connectivity index (χ4n) is 3.88. The molecule has 1 aliphatic heterocycles. The number of hydrogen-bond donors (Lipinski definition) is 5. The van der Waals surface area contributed by atoms with Gasteiger partial charge in [-0.2, -0.15) is 0 Å². The Labute approximate surface area is 217 Å². The molecule has 2 heterocycles. The van der Waals surface area contributed by atoms with Crippen molar-refractivity contribution in [3.8, 4) is 0 Å². The smallest absolute Gasteiger partial charge is 0.323 e. The summed E-state index contributed by atoms with van der Waals surface area (Å²) < 4.78 is 0. The normalized spacial score (nSPS) is 13.3. The third-order valence-corrected chi connectivity index (χ3v) is 6.52. The van der Waals surface area contributed by atoms with Crippen LogP contribution in [0.15, 0.2) is 72.9 Å². The minimum atomic E-state index is -0.449. The van der Waals surface area contributed by atoms with Crippen LogP contribution in [0, 0.1) is 6.92 Å². The van der Waals surface area contributed by atoms with Crippen molar-refractivity contribution in [2.75, 3.05) is 21.3 Å². The van der Waals surface area contributed by atoms with Gasteiger partial charge >= 0.3 is 6.03 Å². The van der Waals surface area contributed by atoms with Crippen LogP contribution >= 0.6 is 23.2 Å². The lowest BCUT2D eigenvalue weighted by Gasteiger charge is -2.14. The van der Waals surface area contributed by atoms with Gasteiger partial charge in [-0.25, -0.2) is 4.79 Å². The van der Waals surface area contributed by atoms with Crippen LogP contribution in [0.2, 0.25) is 10.0 Å². The summed E-state index contributed by atoms with van der Waals surface area (Å²) in [4.78, 5) is 28.1. The molecule has 180 valence electrons. The molecule has 0 spiro atoms. The summed E-state index contributed by atoms with van der Waals surface area (Å²) >= 11 is 12.2. The van der Waals surface area contributed by atoms with Crippen LogP contribution in [-0.4, -0.2) is 16.9 Å². The maximum atomic E-state index is 12.5. The summed E-state index contributed by atoms with van der Waals surface area (Å²) in [5, 5.41) is 12.4. The number of urea groups is 1. The van der Waals surface area contributed by atoms with Gasteiger partial charge in [0.15, 0.2) is 0 Å². The van der Waals surface area contributed by atoms with Crippen molar-refractivity contribution in [3.63, 3.8) is 0 Å². The van der Waals surface area contributed by atoms with Crippen molar-refractivity contribution in [3.05, 3.63) is 99.8 Å². The molecule has 7 nitrogen and oxygen atoms in total.